The average molecular weight is 334 g/mol. The van der Waals surface area contributed by atoms with E-state index in [0.29, 0.717) is 38.8 Å². The van der Waals surface area contributed by atoms with Crippen molar-refractivity contribution in [3.05, 3.63) is 12.3 Å². The predicted octanol–water partition coefficient (Wildman–Crippen LogP) is -0.111. The SMILES string of the molecule is CCNc1nccc(N2CCN(CC(=O)N3CCOCC3)CC2)n1. The van der Waals surface area contributed by atoms with Crippen LogP contribution in [0.15, 0.2) is 12.3 Å². The van der Waals surface area contributed by atoms with Crippen LogP contribution in [-0.4, -0.2) is 91.2 Å². The summed E-state index contributed by atoms with van der Waals surface area (Å²) in [5.74, 6) is 1.82. The fourth-order valence-electron chi connectivity index (χ4n) is 3.01. The lowest BCUT2D eigenvalue weighted by Crippen LogP contribution is -2.51. The number of hydrogen-bond acceptors (Lipinski definition) is 7. The van der Waals surface area contributed by atoms with Gasteiger partial charge in [0.05, 0.1) is 19.8 Å². The molecule has 8 nitrogen and oxygen atoms in total. The minimum Gasteiger partial charge on any atom is -0.378 e. The predicted molar refractivity (Wildman–Crippen MR) is 92.2 cm³/mol. The van der Waals surface area contributed by atoms with Crippen LogP contribution in [0.1, 0.15) is 6.92 Å². The highest BCUT2D eigenvalue weighted by atomic mass is 16.5. The summed E-state index contributed by atoms with van der Waals surface area (Å²) in [7, 11) is 0. The monoisotopic (exact) mass is 334 g/mol. The Morgan fingerprint density at radius 2 is 1.96 bits per heavy atom. The third-order valence-electron chi connectivity index (χ3n) is 4.39. The van der Waals surface area contributed by atoms with Gasteiger partial charge in [-0.15, -0.1) is 0 Å². The van der Waals surface area contributed by atoms with Gasteiger partial charge in [-0.25, -0.2) is 4.98 Å². The highest BCUT2D eigenvalue weighted by molar-refractivity contribution is 5.78. The summed E-state index contributed by atoms with van der Waals surface area (Å²) in [6, 6.07) is 1.94. The quantitative estimate of drug-likeness (QED) is 0.805. The van der Waals surface area contributed by atoms with Crippen LogP contribution >= 0.6 is 0 Å². The maximum atomic E-state index is 12.3. The number of amides is 1. The molecule has 1 aromatic rings. The number of morpholine rings is 1. The van der Waals surface area contributed by atoms with Gasteiger partial charge in [0, 0.05) is 52.0 Å². The molecule has 0 spiro atoms. The van der Waals surface area contributed by atoms with E-state index in [1.807, 2.05) is 17.9 Å². The van der Waals surface area contributed by atoms with Crippen LogP contribution in [0.2, 0.25) is 0 Å². The highest BCUT2D eigenvalue weighted by Gasteiger charge is 2.23. The van der Waals surface area contributed by atoms with Crippen molar-refractivity contribution in [1.82, 2.24) is 19.8 Å². The largest absolute Gasteiger partial charge is 0.378 e. The van der Waals surface area contributed by atoms with Gasteiger partial charge in [0.1, 0.15) is 5.82 Å². The van der Waals surface area contributed by atoms with E-state index in [2.05, 4.69) is 25.1 Å². The molecule has 0 radical (unpaired) electrons. The number of ether oxygens (including phenoxy) is 1. The molecule has 24 heavy (non-hydrogen) atoms. The molecule has 1 aromatic heterocycles. The molecule has 8 heteroatoms. The van der Waals surface area contributed by atoms with Crippen molar-refractivity contribution >= 4 is 17.7 Å². The lowest BCUT2D eigenvalue weighted by Gasteiger charge is -2.36. The maximum Gasteiger partial charge on any atom is 0.236 e. The first-order valence-corrected chi connectivity index (χ1v) is 8.66. The standard InChI is InChI=1S/C16H26N6O2/c1-2-17-16-18-4-3-14(19-16)21-7-5-20(6-8-21)13-15(23)22-9-11-24-12-10-22/h3-4H,2,5-13H2,1H3,(H,17,18,19). The summed E-state index contributed by atoms with van der Waals surface area (Å²) in [5, 5.41) is 3.14. The number of piperazine rings is 1. The number of rotatable bonds is 5. The van der Waals surface area contributed by atoms with E-state index in [9.17, 15) is 4.79 Å². The molecule has 1 amide bonds. The number of carbonyl (C=O) groups is 1. The van der Waals surface area contributed by atoms with Gasteiger partial charge in [-0.1, -0.05) is 0 Å². The van der Waals surface area contributed by atoms with Crippen LogP contribution in [0.5, 0.6) is 0 Å². The number of anilines is 2. The molecular weight excluding hydrogens is 308 g/mol. The van der Waals surface area contributed by atoms with Gasteiger partial charge in [0.2, 0.25) is 11.9 Å². The van der Waals surface area contributed by atoms with Gasteiger partial charge >= 0.3 is 0 Å². The first-order valence-electron chi connectivity index (χ1n) is 8.66. The van der Waals surface area contributed by atoms with E-state index in [1.165, 1.54) is 0 Å². The first kappa shape index (κ1) is 16.9. The Morgan fingerprint density at radius 3 is 2.67 bits per heavy atom. The normalized spacial score (nSPS) is 19.4. The van der Waals surface area contributed by atoms with Crippen molar-refractivity contribution in [2.45, 2.75) is 6.92 Å². The molecule has 0 aromatic carbocycles. The number of nitrogens with one attached hydrogen (secondary N) is 1. The van der Waals surface area contributed by atoms with Crippen LogP contribution < -0.4 is 10.2 Å². The lowest BCUT2D eigenvalue weighted by atomic mass is 10.3. The van der Waals surface area contributed by atoms with Gasteiger partial charge in [0.15, 0.2) is 0 Å². The van der Waals surface area contributed by atoms with E-state index in [1.54, 1.807) is 6.20 Å². The molecule has 0 aliphatic carbocycles. The Bertz CT molecular complexity index is 541. The van der Waals surface area contributed by atoms with Gasteiger partial charge in [-0.3, -0.25) is 9.69 Å². The molecule has 1 N–H and O–H groups in total. The summed E-state index contributed by atoms with van der Waals surface area (Å²) in [6.07, 6.45) is 1.79. The number of aromatic nitrogens is 2. The Hall–Kier alpha value is -1.93. The summed E-state index contributed by atoms with van der Waals surface area (Å²) >= 11 is 0. The third-order valence-corrected chi connectivity index (χ3v) is 4.39. The zero-order valence-corrected chi connectivity index (χ0v) is 14.3. The van der Waals surface area contributed by atoms with Crippen LogP contribution in [0.3, 0.4) is 0 Å². The molecule has 132 valence electrons. The number of nitrogens with zero attached hydrogens (tertiary/aromatic N) is 5. The number of carbonyl (C=O) groups excluding carboxylic acids is 1. The minimum absolute atomic E-state index is 0.211. The topological polar surface area (TPSA) is 73.8 Å². The Balaban J connectivity index is 1.48. The van der Waals surface area contributed by atoms with Crippen LogP contribution in [0, 0.1) is 0 Å². The average Bonchev–Trinajstić information content (AvgIpc) is 2.63. The molecular formula is C16H26N6O2. The zero-order chi connectivity index (χ0) is 16.8. The number of hydrogen-bond donors (Lipinski definition) is 1. The van der Waals surface area contributed by atoms with Crippen molar-refractivity contribution < 1.29 is 9.53 Å². The van der Waals surface area contributed by atoms with Crippen molar-refractivity contribution in [2.75, 3.05) is 75.8 Å². The van der Waals surface area contributed by atoms with E-state index >= 15 is 0 Å². The van der Waals surface area contributed by atoms with Crippen molar-refractivity contribution in [2.24, 2.45) is 0 Å². The molecule has 0 atom stereocenters. The molecule has 0 unspecified atom stereocenters. The van der Waals surface area contributed by atoms with Crippen molar-refractivity contribution in [3.8, 4) is 0 Å². The molecule has 0 saturated carbocycles. The zero-order valence-electron chi connectivity index (χ0n) is 14.3. The fourth-order valence-corrected chi connectivity index (χ4v) is 3.01. The second-order valence-corrected chi connectivity index (χ2v) is 6.03. The van der Waals surface area contributed by atoms with E-state index in [-0.39, 0.29) is 5.91 Å². The summed E-state index contributed by atoms with van der Waals surface area (Å²) < 4.78 is 5.30. The molecule has 3 heterocycles. The molecule has 2 aliphatic rings. The van der Waals surface area contributed by atoms with Crippen LogP contribution in [-0.2, 0) is 9.53 Å². The second-order valence-electron chi connectivity index (χ2n) is 6.03. The van der Waals surface area contributed by atoms with E-state index in [4.69, 9.17) is 4.74 Å². The Morgan fingerprint density at radius 1 is 1.21 bits per heavy atom. The van der Waals surface area contributed by atoms with E-state index in [0.717, 1.165) is 38.5 Å². The van der Waals surface area contributed by atoms with Gasteiger partial charge in [-0.2, -0.15) is 4.98 Å². The van der Waals surface area contributed by atoms with Crippen molar-refractivity contribution in [1.29, 1.82) is 0 Å². The third kappa shape index (κ3) is 4.33. The van der Waals surface area contributed by atoms with E-state index < -0.39 is 0 Å². The smallest absolute Gasteiger partial charge is 0.236 e. The summed E-state index contributed by atoms with van der Waals surface area (Å²) in [6.45, 7) is 9.56. The Labute approximate surface area is 142 Å². The first-order chi connectivity index (χ1) is 11.8. The molecule has 2 saturated heterocycles. The van der Waals surface area contributed by atoms with Crippen LogP contribution in [0.4, 0.5) is 11.8 Å². The highest BCUT2D eigenvalue weighted by Crippen LogP contribution is 2.15. The van der Waals surface area contributed by atoms with Crippen LogP contribution in [0.25, 0.3) is 0 Å². The maximum absolute atomic E-state index is 12.3. The fraction of sp³-hybridized carbons (Fsp3) is 0.688. The Kier molecular flexibility index (Phi) is 5.81. The van der Waals surface area contributed by atoms with Gasteiger partial charge in [-0.05, 0) is 13.0 Å². The lowest BCUT2D eigenvalue weighted by molar-refractivity contribution is -0.136. The molecule has 0 bridgehead atoms. The summed E-state index contributed by atoms with van der Waals surface area (Å²) in [4.78, 5) is 27.4. The van der Waals surface area contributed by atoms with Crippen molar-refractivity contribution in [3.63, 3.8) is 0 Å². The second kappa shape index (κ2) is 8.25. The van der Waals surface area contributed by atoms with Gasteiger partial charge < -0.3 is 19.9 Å². The molecule has 3 rings (SSSR count). The van der Waals surface area contributed by atoms with Gasteiger partial charge in [0.25, 0.3) is 0 Å². The minimum atomic E-state index is 0.211. The molecule has 2 aliphatic heterocycles. The molecule has 2 fully saturated rings. The summed E-state index contributed by atoms with van der Waals surface area (Å²) in [5.41, 5.74) is 0.